The van der Waals surface area contributed by atoms with E-state index in [-0.39, 0.29) is 5.82 Å². The fourth-order valence-corrected chi connectivity index (χ4v) is 2.49. The third-order valence-corrected chi connectivity index (χ3v) is 3.15. The minimum atomic E-state index is -0.235. The van der Waals surface area contributed by atoms with Crippen molar-refractivity contribution in [2.24, 2.45) is 5.73 Å². The molecule has 2 rings (SSSR count). The van der Waals surface area contributed by atoms with Crippen LogP contribution in [0.15, 0.2) is 46.3 Å². The van der Waals surface area contributed by atoms with E-state index >= 15 is 0 Å². The summed E-state index contributed by atoms with van der Waals surface area (Å²) in [6.45, 7) is 2.41. The molecule has 4 heteroatoms. The minimum Gasteiger partial charge on any atom is -0.326 e. The molecule has 0 radical (unpaired) electrons. The molecular weight excluding hydrogens is 235 g/mol. The number of benzene rings is 1. The van der Waals surface area contributed by atoms with Crippen LogP contribution < -0.4 is 5.73 Å². The molecule has 0 saturated heterocycles. The van der Waals surface area contributed by atoms with Crippen LogP contribution in [-0.2, 0) is 6.54 Å². The Kier molecular flexibility index (Phi) is 3.76. The van der Waals surface area contributed by atoms with Gasteiger partial charge in [-0.3, -0.25) is 0 Å². The molecule has 2 aromatic rings. The predicted molar refractivity (Wildman–Crippen MR) is 67.4 cm³/mol. The van der Waals surface area contributed by atoms with Crippen molar-refractivity contribution < 1.29 is 4.39 Å². The van der Waals surface area contributed by atoms with Crippen LogP contribution in [0.4, 0.5) is 4.39 Å². The zero-order valence-electron chi connectivity index (χ0n) is 9.48. The van der Waals surface area contributed by atoms with Crippen molar-refractivity contribution in [3.63, 3.8) is 0 Å². The highest BCUT2D eigenvalue weighted by Crippen LogP contribution is 2.27. The smallest absolute Gasteiger partial charge is 0.124 e. The monoisotopic (exact) mass is 248 g/mol. The molecule has 2 N–H and O–H groups in total. The van der Waals surface area contributed by atoms with Crippen molar-refractivity contribution in [1.82, 2.24) is 4.98 Å². The summed E-state index contributed by atoms with van der Waals surface area (Å²) in [5, 5.41) is 0.844. The van der Waals surface area contributed by atoms with Gasteiger partial charge in [-0.1, -0.05) is 17.8 Å². The summed E-state index contributed by atoms with van der Waals surface area (Å²) in [7, 11) is 0. The molecule has 0 fully saturated rings. The van der Waals surface area contributed by atoms with Gasteiger partial charge >= 0.3 is 0 Å². The zero-order chi connectivity index (χ0) is 12.3. The summed E-state index contributed by atoms with van der Waals surface area (Å²) in [6, 6.07) is 10.4. The molecule has 1 heterocycles. The summed E-state index contributed by atoms with van der Waals surface area (Å²) in [5.41, 5.74) is 7.57. The van der Waals surface area contributed by atoms with E-state index in [0.717, 1.165) is 21.2 Å². The van der Waals surface area contributed by atoms with Gasteiger partial charge in [0.25, 0.3) is 0 Å². The highest BCUT2D eigenvalue weighted by Gasteiger charge is 2.03. The summed E-state index contributed by atoms with van der Waals surface area (Å²) >= 11 is 1.44. The third kappa shape index (κ3) is 3.28. The molecule has 17 heavy (non-hydrogen) atoms. The SMILES string of the molecule is Cc1cc(CN)cc(Sc2cccc(F)c2)n1. The van der Waals surface area contributed by atoms with Crippen LogP contribution in [0.3, 0.4) is 0 Å². The van der Waals surface area contributed by atoms with Crippen molar-refractivity contribution in [2.75, 3.05) is 0 Å². The van der Waals surface area contributed by atoms with E-state index in [1.54, 1.807) is 6.07 Å². The molecule has 1 aromatic carbocycles. The topological polar surface area (TPSA) is 38.9 Å². The number of nitrogens with zero attached hydrogens (tertiary/aromatic N) is 1. The molecule has 0 saturated carbocycles. The van der Waals surface area contributed by atoms with Gasteiger partial charge < -0.3 is 5.73 Å². The lowest BCUT2D eigenvalue weighted by Gasteiger charge is -2.05. The van der Waals surface area contributed by atoms with Gasteiger partial charge in [0.1, 0.15) is 10.8 Å². The fourth-order valence-electron chi connectivity index (χ4n) is 1.53. The quantitative estimate of drug-likeness (QED) is 0.907. The number of aromatic nitrogens is 1. The Bertz CT molecular complexity index is 529. The number of pyridine rings is 1. The van der Waals surface area contributed by atoms with Crippen LogP contribution in [0.2, 0.25) is 0 Å². The fraction of sp³-hybridized carbons (Fsp3) is 0.154. The largest absolute Gasteiger partial charge is 0.326 e. The van der Waals surface area contributed by atoms with Gasteiger partial charge in [-0.05, 0) is 42.8 Å². The van der Waals surface area contributed by atoms with Gasteiger partial charge in [0.15, 0.2) is 0 Å². The van der Waals surface area contributed by atoms with Crippen molar-refractivity contribution in [3.05, 3.63) is 53.5 Å². The maximum atomic E-state index is 13.0. The Hall–Kier alpha value is -1.39. The Morgan fingerprint density at radius 3 is 2.82 bits per heavy atom. The van der Waals surface area contributed by atoms with Crippen LogP contribution in [0, 0.1) is 12.7 Å². The Balaban J connectivity index is 2.26. The predicted octanol–water partition coefficient (Wildman–Crippen LogP) is 3.14. The second kappa shape index (κ2) is 5.29. The molecule has 88 valence electrons. The number of hydrogen-bond acceptors (Lipinski definition) is 3. The first-order valence-electron chi connectivity index (χ1n) is 5.28. The first-order chi connectivity index (χ1) is 8.17. The normalized spacial score (nSPS) is 10.5. The summed E-state index contributed by atoms with van der Waals surface area (Å²) < 4.78 is 13.0. The van der Waals surface area contributed by atoms with Crippen LogP contribution >= 0.6 is 11.8 Å². The van der Waals surface area contributed by atoms with Crippen molar-refractivity contribution in [2.45, 2.75) is 23.4 Å². The van der Waals surface area contributed by atoms with E-state index in [1.807, 2.05) is 25.1 Å². The molecule has 0 aliphatic carbocycles. The van der Waals surface area contributed by atoms with Crippen LogP contribution in [0.5, 0.6) is 0 Å². The summed E-state index contributed by atoms with van der Waals surface area (Å²) in [6.07, 6.45) is 0. The van der Waals surface area contributed by atoms with Gasteiger partial charge in [-0.2, -0.15) is 0 Å². The number of rotatable bonds is 3. The Morgan fingerprint density at radius 1 is 1.29 bits per heavy atom. The van der Waals surface area contributed by atoms with E-state index in [4.69, 9.17) is 5.73 Å². The number of halogens is 1. The lowest BCUT2D eigenvalue weighted by atomic mass is 10.2. The minimum absolute atomic E-state index is 0.235. The van der Waals surface area contributed by atoms with E-state index in [2.05, 4.69) is 4.98 Å². The lowest BCUT2D eigenvalue weighted by molar-refractivity contribution is 0.624. The average Bonchev–Trinajstić information content (AvgIpc) is 2.28. The second-order valence-corrected chi connectivity index (χ2v) is 4.81. The molecule has 0 bridgehead atoms. The van der Waals surface area contributed by atoms with Gasteiger partial charge in [0, 0.05) is 17.1 Å². The van der Waals surface area contributed by atoms with Crippen LogP contribution in [0.25, 0.3) is 0 Å². The number of aryl methyl sites for hydroxylation is 1. The zero-order valence-corrected chi connectivity index (χ0v) is 10.3. The van der Waals surface area contributed by atoms with Crippen LogP contribution in [-0.4, -0.2) is 4.98 Å². The summed E-state index contributed by atoms with van der Waals surface area (Å²) in [5.74, 6) is -0.235. The first kappa shape index (κ1) is 12.1. The van der Waals surface area contributed by atoms with Crippen molar-refractivity contribution >= 4 is 11.8 Å². The van der Waals surface area contributed by atoms with E-state index in [9.17, 15) is 4.39 Å². The lowest BCUT2D eigenvalue weighted by Crippen LogP contribution is -1.98. The van der Waals surface area contributed by atoms with E-state index < -0.39 is 0 Å². The molecular formula is C13H13FN2S. The molecule has 0 aliphatic rings. The first-order valence-corrected chi connectivity index (χ1v) is 6.10. The van der Waals surface area contributed by atoms with Crippen LogP contribution in [0.1, 0.15) is 11.3 Å². The summed E-state index contributed by atoms with van der Waals surface area (Å²) in [4.78, 5) is 5.23. The number of nitrogens with two attached hydrogens (primary N) is 1. The van der Waals surface area contributed by atoms with Gasteiger partial charge in [-0.25, -0.2) is 9.37 Å². The molecule has 0 atom stereocenters. The maximum Gasteiger partial charge on any atom is 0.124 e. The highest BCUT2D eigenvalue weighted by molar-refractivity contribution is 7.99. The second-order valence-electron chi connectivity index (χ2n) is 3.72. The van der Waals surface area contributed by atoms with Gasteiger partial charge in [0.2, 0.25) is 0 Å². The molecule has 1 aromatic heterocycles. The average molecular weight is 248 g/mol. The Morgan fingerprint density at radius 2 is 2.12 bits per heavy atom. The van der Waals surface area contributed by atoms with E-state index in [0.29, 0.717) is 6.54 Å². The van der Waals surface area contributed by atoms with Crippen molar-refractivity contribution in [1.29, 1.82) is 0 Å². The Labute approximate surface area is 104 Å². The highest BCUT2D eigenvalue weighted by atomic mass is 32.2. The number of hydrogen-bond donors (Lipinski definition) is 1. The van der Waals surface area contributed by atoms with E-state index in [1.165, 1.54) is 23.9 Å². The maximum absolute atomic E-state index is 13.0. The van der Waals surface area contributed by atoms with Gasteiger partial charge in [0.05, 0.1) is 0 Å². The van der Waals surface area contributed by atoms with Gasteiger partial charge in [-0.15, -0.1) is 0 Å². The molecule has 0 amide bonds. The van der Waals surface area contributed by atoms with Crippen molar-refractivity contribution in [3.8, 4) is 0 Å². The molecule has 0 unspecified atom stereocenters. The third-order valence-electron chi connectivity index (χ3n) is 2.24. The molecule has 2 nitrogen and oxygen atoms in total. The molecule has 0 aliphatic heterocycles. The molecule has 0 spiro atoms. The standard InChI is InChI=1S/C13H13FN2S/c1-9-5-10(8-15)6-13(16-9)17-12-4-2-3-11(14)7-12/h2-7H,8,15H2,1H3.